The molecule has 0 aliphatic carbocycles. The summed E-state index contributed by atoms with van der Waals surface area (Å²) < 4.78 is 5.34. The molecule has 90 valence electrons. The van der Waals surface area contributed by atoms with Crippen molar-refractivity contribution in [2.75, 3.05) is 12.4 Å². The first-order valence-corrected chi connectivity index (χ1v) is 5.84. The highest BCUT2D eigenvalue weighted by Crippen LogP contribution is 2.07. The molecular formula is C9H12N6OS. The predicted molar refractivity (Wildman–Crippen MR) is 63.5 cm³/mol. The Morgan fingerprint density at radius 3 is 3.18 bits per heavy atom. The summed E-state index contributed by atoms with van der Waals surface area (Å²) in [7, 11) is 1.60. The van der Waals surface area contributed by atoms with Gasteiger partial charge in [0.25, 0.3) is 0 Å². The van der Waals surface area contributed by atoms with Crippen LogP contribution in [0.3, 0.4) is 0 Å². The molecule has 0 spiro atoms. The number of rotatable bonds is 5. The summed E-state index contributed by atoms with van der Waals surface area (Å²) in [5.74, 6) is -0.0802. The third-order valence-electron chi connectivity index (χ3n) is 2.10. The number of likely N-dealkylation sites (N-methyl/N-ethyl adjacent to an activating group) is 1. The smallest absolute Gasteiger partial charge is 0.241 e. The molecule has 2 aromatic heterocycles. The van der Waals surface area contributed by atoms with Gasteiger partial charge in [0, 0.05) is 18.6 Å². The van der Waals surface area contributed by atoms with Gasteiger partial charge >= 0.3 is 0 Å². The second kappa shape index (κ2) is 5.39. The Labute approximate surface area is 102 Å². The molecule has 2 aromatic rings. The van der Waals surface area contributed by atoms with Gasteiger partial charge in [-0.2, -0.15) is 5.10 Å². The summed E-state index contributed by atoms with van der Waals surface area (Å²) in [6.07, 6.45) is 3.44. The van der Waals surface area contributed by atoms with Crippen LogP contribution in [0, 0.1) is 0 Å². The van der Waals surface area contributed by atoms with E-state index in [0.29, 0.717) is 6.54 Å². The third kappa shape index (κ3) is 3.25. The molecule has 0 aromatic carbocycles. The van der Waals surface area contributed by atoms with E-state index >= 15 is 0 Å². The number of carbonyl (C=O) groups excluding carboxylic acids is 1. The monoisotopic (exact) mass is 252 g/mol. The molecule has 2 rings (SSSR count). The first-order valence-electron chi connectivity index (χ1n) is 5.01. The SMILES string of the molecule is CNC(=O)Cn1cc(NCc2csnn2)cn1. The average Bonchev–Trinajstić information content (AvgIpc) is 2.97. The highest BCUT2D eigenvalue weighted by molar-refractivity contribution is 7.03. The van der Waals surface area contributed by atoms with E-state index in [0.717, 1.165) is 11.4 Å². The lowest BCUT2D eigenvalue weighted by atomic mass is 10.4. The van der Waals surface area contributed by atoms with Gasteiger partial charge in [0.2, 0.25) is 5.91 Å². The van der Waals surface area contributed by atoms with Gasteiger partial charge in [-0.3, -0.25) is 9.48 Å². The fourth-order valence-corrected chi connectivity index (χ4v) is 1.67. The van der Waals surface area contributed by atoms with E-state index in [1.54, 1.807) is 24.1 Å². The van der Waals surface area contributed by atoms with Crippen LogP contribution in [0.25, 0.3) is 0 Å². The summed E-state index contributed by atoms with van der Waals surface area (Å²) >= 11 is 1.32. The molecule has 2 N–H and O–H groups in total. The maximum Gasteiger partial charge on any atom is 0.241 e. The van der Waals surface area contributed by atoms with Gasteiger partial charge in [0.15, 0.2) is 0 Å². The largest absolute Gasteiger partial charge is 0.377 e. The van der Waals surface area contributed by atoms with Crippen LogP contribution in [0.15, 0.2) is 17.8 Å². The quantitative estimate of drug-likeness (QED) is 0.788. The van der Waals surface area contributed by atoms with Gasteiger partial charge in [-0.15, -0.1) is 5.10 Å². The fourth-order valence-electron chi connectivity index (χ4n) is 1.22. The Morgan fingerprint density at radius 2 is 2.47 bits per heavy atom. The van der Waals surface area contributed by atoms with Crippen molar-refractivity contribution in [3.05, 3.63) is 23.5 Å². The molecule has 0 aliphatic rings. The fraction of sp³-hybridized carbons (Fsp3) is 0.333. The Bertz CT molecular complexity index is 479. The van der Waals surface area contributed by atoms with Crippen LogP contribution in [0.5, 0.6) is 0 Å². The Kier molecular flexibility index (Phi) is 3.66. The van der Waals surface area contributed by atoms with Gasteiger partial charge < -0.3 is 10.6 Å². The number of hydrogen-bond acceptors (Lipinski definition) is 6. The molecule has 0 radical (unpaired) electrons. The maximum absolute atomic E-state index is 11.1. The number of carbonyl (C=O) groups is 1. The van der Waals surface area contributed by atoms with E-state index in [-0.39, 0.29) is 12.5 Å². The Hall–Kier alpha value is -1.96. The van der Waals surface area contributed by atoms with E-state index < -0.39 is 0 Å². The van der Waals surface area contributed by atoms with Crippen molar-refractivity contribution >= 4 is 23.1 Å². The number of anilines is 1. The summed E-state index contributed by atoms with van der Waals surface area (Å²) in [4.78, 5) is 11.1. The standard InChI is InChI=1S/C9H12N6OS/c1-10-9(16)5-15-4-7(3-12-15)11-2-8-6-17-14-13-8/h3-4,6,11H,2,5H2,1H3,(H,10,16). The van der Waals surface area contributed by atoms with Crippen molar-refractivity contribution in [3.8, 4) is 0 Å². The van der Waals surface area contributed by atoms with E-state index in [2.05, 4.69) is 25.3 Å². The van der Waals surface area contributed by atoms with Crippen molar-refractivity contribution in [1.29, 1.82) is 0 Å². The second-order valence-corrected chi connectivity index (χ2v) is 3.96. The number of nitrogens with zero attached hydrogens (tertiary/aromatic N) is 4. The highest BCUT2D eigenvalue weighted by atomic mass is 32.1. The summed E-state index contributed by atoms with van der Waals surface area (Å²) in [5, 5.41) is 15.5. The molecule has 0 unspecified atom stereocenters. The molecular weight excluding hydrogens is 240 g/mol. The van der Waals surface area contributed by atoms with E-state index in [9.17, 15) is 4.79 Å². The first-order chi connectivity index (χ1) is 8.28. The molecule has 0 fully saturated rings. The average molecular weight is 252 g/mol. The van der Waals surface area contributed by atoms with Gasteiger partial charge in [-0.05, 0) is 11.5 Å². The van der Waals surface area contributed by atoms with Crippen LogP contribution in [0.2, 0.25) is 0 Å². The number of amides is 1. The first kappa shape index (κ1) is 11.5. The Balaban J connectivity index is 1.88. The van der Waals surface area contributed by atoms with E-state index in [1.165, 1.54) is 11.5 Å². The molecule has 0 saturated carbocycles. The van der Waals surface area contributed by atoms with Crippen LogP contribution < -0.4 is 10.6 Å². The van der Waals surface area contributed by atoms with Gasteiger partial charge in [0.05, 0.1) is 24.1 Å². The molecule has 1 amide bonds. The zero-order valence-corrected chi connectivity index (χ0v) is 10.1. The minimum Gasteiger partial charge on any atom is -0.377 e. The van der Waals surface area contributed by atoms with Crippen LogP contribution in [-0.4, -0.2) is 32.3 Å². The minimum absolute atomic E-state index is 0.0802. The Morgan fingerprint density at radius 1 is 1.59 bits per heavy atom. The van der Waals surface area contributed by atoms with Crippen LogP contribution in [-0.2, 0) is 17.9 Å². The van der Waals surface area contributed by atoms with Crippen molar-refractivity contribution in [3.63, 3.8) is 0 Å². The van der Waals surface area contributed by atoms with Crippen molar-refractivity contribution in [2.24, 2.45) is 0 Å². The molecule has 17 heavy (non-hydrogen) atoms. The van der Waals surface area contributed by atoms with Crippen LogP contribution >= 0.6 is 11.5 Å². The molecule has 2 heterocycles. The van der Waals surface area contributed by atoms with E-state index in [4.69, 9.17) is 0 Å². The van der Waals surface area contributed by atoms with Crippen molar-refractivity contribution < 1.29 is 4.79 Å². The van der Waals surface area contributed by atoms with Crippen LogP contribution in [0.4, 0.5) is 5.69 Å². The topological polar surface area (TPSA) is 84.7 Å². The zero-order valence-electron chi connectivity index (χ0n) is 9.25. The van der Waals surface area contributed by atoms with Gasteiger partial charge in [-0.1, -0.05) is 4.49 Å². The van der Waals surface area contributed by atoms with Gasteiger partial charge in [-0.25, -0.2) is 0 Å². The van der Waals surface area contributed by atoms with Crippen LogP contribution in [0.1, 0.15) is 5.69 Å². The van der Waals surface area contributed by atoms with Crippen molar-refractivity contribution in [2.45, 2.75) is 13.1 Å². The highest BCUT2D eigenvalue weighted by Gasteiger charge is 2.03. The molecule has 0 saturated heterocycles. The second-order valence-electron chi connectivity index (χ2n) is 3.35. The number of hydrogen-bond donors (Lipinski definition) is 2. The molecule has 0 aliphatic heterocycles. The summed E-state index contributed by atoms with van der Waals surface area (Å²) in [5.41, 5.74) is 1.73. The molecule has 8 heteroatoms. The predicted octanol–water partition coefficient (Wildman–Crippen LogP) is 0.0927. The van der Waals surface area contributed by atoms with Crippen molar-refractivity contribution in [1.82, 2.24) is 24.7 Å². The normalized spacial score (nSPS) is 10.2. The van der Waals surface area contributed by atoms with Gasteiger partial charge in [0.1, 0.15) is 6.54 Å². The molecule has 0 bridgehead atoms. The zero-order chi connectivity index (χ0) is 12.1. The lowest BCUT2D eigenvalue weighted by Crippen LogP contribution is -2.23. The minimum atomic E-state index is -0.0802. The number of aromatic nitrogens is 4. The lowest BCUT2D eigenvalue weighted by molar-refractivity contribution is -0.121. The summed E-state index contributed by atoms with van der Waals surface area (Å²) in [6.45, 7) is 0.818. The summed E-state index contributed by atoms with van der Waals surface area (Å²) in [6, 6.07) is 0. The third-order valence-corrected chi connectivity index (χ3v) is 2.65. The van der Waals surface area contributed by atoms with E-state index in [1.807, 2.05) is 5.38 Å². The molecule has 7 nitrogen and oxygen atoms in total. The maximum atomic E-state index is 11.1. The molecule has 0 atom stereocenters. The lowest BCUT2D eigenvalue weighted by Gasteiger charge is -2.00. The number of nitrogens with one attached hydrogen (secondary N) is 2.